The lowest BCUT2D eigenvalue weighted by atomic mass is 10.1. The van der Waals surface area contributed by atoms with Crippen molar-refractivity contribution in [3.8, 4) is 5.75 Å². The van der Waals surface area contributed by atoms with Crippen LogP contribution in [0.15, 0.2) is 17.0 Å². The summed E-state index contributed by atoms with van der Waals surface area (Å²) < 4.78 is 16.2. The second-order valence-corrected chi connectivity index (χ2v) is 4.54. The number of aryl methyl sites for hydroxylation is 2. The standard InChI is InChI=1S/C9H11ClO2S/c1-6-5-9(13(10)11)7(2)4-8(6)12-3/h4-5H,1-3H3. The summed E-state index contributed by atoms with van der Waals surface area (Å²) in [7, 11) is 5.67. The molecular formula is C9H11ClO2S. The number of rotatable bonds is 2. The maximum Gasteiger partial charge on any atom is 0.147 e. The molecule has 0 bridgehead atoms. The smallest absolute Gasteiger partial charge is 0.147 e. The Kier molecular flexibility index (Phi) is 3.33. The highest BCUT2D eigenvalue weighted by Crippen LogP contribution is 2.25. The van der Waals surface area contributed by atoms with Gasteiger partial charge in [0.1, 0.15) is 15.8 Å². The van der Waals surface area contributed by atoms with Crippen LogP contribution in [0.4, 0.5) is 0 Å². The van der Waals surface area contributed by atoms with Crippen LogP contribution in [0.3, 0.4) is 0 Å². The van der Waals surface area contributed by atoms with E-state index in [1.54, 1.807) is 13.2 Å². The maximum atomic E-state index is 11.1. The van der Waals surface area contributed by atoms with Crippen molar-refractivity contribution < 1.29 is 8.95 Å². The summed E-state index contributed by atoms with van der Waals surface area (Å²) in [6.07, 6.45) is 0. The number of methoxy groups -OCH3 is 1. The van der Waals surface area contributed by atoms with Crippen molar-refractivity contribution in [1.82, 2.24) is 0 Å². The first-order valence-corrected chi connectivity index (χ1v) is 5.77. The van der Waals surface area contributed by atoms with E-state index in [0.717, 1.165) is 16.9 Å². The molecule has 0 heterocycles. The molecule has 1 unspecified atom stereocenters. The van der Waals surface area contributed by atoms with E-state index in [9.17, 15) is 4.21 Å². The van der Waals surface area contributed by atoms with Crippen LogP contribution in [0.5, 0.6) is 5.75 Å². The van der Waals surface area contributed by atoms with Crippen LogP contribution in [-0.4, -0.2) is 11.3 Å². The average molecular weight is 219 g/mol. The number of hydrogen-bond acceptors (Lipinski definition) is 2. The molecule has 0 amide bonds. The summed E-state index contributed by atoms with van der Waals surface area (Å²) in [5, 5.41) is 0. The minimum absolute atomic E-state index is 0.653. The first-order chi connectivity index (χ1) is 6.06. The maximum absolute atomic E-state index is 11.1. The first-order valence-electron chi connectivity index (χ1n) is 3.79. The average Bonchev–Trinajstić information content (AvgIpc) is 2.07. The molecule has 0 aliphatic rings. The van der Waals surface area contributed by atoms with Gasteiger partial charge in [-0.05, 0) is 47.8 Å². The van der Waals surface area contributed by atoms with Crippen LogP contribution in [0.2, 0.25) is 0 Å². The van der Waals surface area contributed by atoms with E-state index in [-0.39, 0.29) is 0 Å². The van der Waals surface area contributed by atoms with Gasteiger partial charge in [0.05, 0.1) is 12.0 Å². The van der Waals surface area contributed by atoms with Crippen molar-refractivity contribution in [2.45, 2.75) is 18.7 Å². The fraction of sp³-hybridized carbons (Fsp3) is 0.333. The molecule has 0 N–H and O–H groups in total. The van der Waals surface area contributed by atoms with Gasteiger partial charge in [0.15, 0.2) is 0 Å². The summed E-state index contributed by atoms with van der Waals surface area (Å²) >= 11 is 0. The van der Waals surface area contributed by atoms with Gasteiger partial charge in [-0.1, -0.05) is 0 Å². The third-order valence-electron chi connectivity index (χ3n) is 1.87. The Morgan fingerprint density at radius 1 is 1.31 bits per heavy atom. The molecule has 0 aromatic heterocycles. The molecule has 13 heavy (non-hydrogen) atoms. The lowest BCUT2D eigenvalue weighted by molar-refractivity contribution is 0.411. The van der Waals surface area contributed by atoms with Gasteiger partial charge in [0.2, 0.25) is 0 Å². The quantitative estimate of drug-likeness (QED) is 0.714. The summed E-state index contributed by atoms with van der Waals surface area (Å²) in [5.41, 5.74) is 1.83. The number of halogens is 1. The normalized spacial score (nSPS) is 12.6. The van der Waals surface area contributed by atoms with Crippen LogP contribution >= 0.6 is 10.7 Å². The Morgan fingerprint density at radius 3 is 2.38 bits per heavy atom. The third-order valence-corrected chi connectivity index (χ3v) is 3.15. The summed E-state index contributed by atoms with van der Waals surface area (Å²) in [6, 6.07) is 3.63. The van der Waals surface area contributed by atoms with E-state index in [1.165, 1.54) is 0 Å². The minimum Gasteiger partial charge on any atom is -0.496 e. The second kappa shape index (κ2) is 4.11. The highest BCUT2D eigenvalue weighted by atomic mass is 35.7. The van der Waals surface area contributed by atoms with Crippen molar-refractivity contribution in [1.29, 1.82) is 0 Å². The van der Waals surface area contributed by atoms with Gasteiger partial charge in [-0.15, -0.1) is 0 Å². The van der Waals surface area contributed by atoms with Gasteiger partial charge in [0.25, 0.3) is 0 Å². The van der Waals surface area contributed by atoms with Gasteiger partial charge >= 0.3 is 0 Å². The zero-order valence-electron chi connectivity index (χ0n) is 7.76. The topological polar surface area (TPSA) is 26.3 Å². The highest BCUT2D eigenvalue weighted by Gasteiger charge is 2.08. The fourth-order valence-corrected chi connectivity index (χ4v) is 2.24. The van der Waals surface area contributed by atoms with Crippen LogP contribution < -0.4 is 4.74 Å². The monoisotopic (exact) mass is 218 g/mol. The Hall–Kier alpha value is -0.540. The van der Waals surface area contributed by atoms with E-state index in [2.05, 4.69) is 0 Å². The molecule has 1 atom stereocenters. The predicted octanol–water partition coefficient (Wildman–Crippen LogP) is 2.57. The van der Waals surface area contributed by atoms with E-state index < -0.39 is 10.0 Å². The van der Waals surface area contributed by atoms with E-state index in [4.69, 9.17) is 15.4 Å². The molecule has 1 aromatic rings. The van der Waals surface area contributed by atoms with Crippen molar-refractivity contribution in [2.24, 2.45) is 0 Å². The van der Waals surface area contributed by atoms with Crippen molar-refractivity contribution in [3.63, 3.8) is 0 Å². The number of benzene rings is 1. The molecule has 0 saturated heterocycles. The summed E-state index contributed by atoms with van der Waals surface area (Å²) in [5.74, 6) is 0.795. The van der Waals surface area contributed by atoms with Crippen molar-refractivity contribution >= 4 is 20.7 Å². The molecule has 0 fully saturated rings. The largest absolute Gasteiger partial charge is 0.496 e. The second-order valence-electron chi connectivity index (χ2n) is 2.81. The van der Waals surface area contributed by atoms with Crippen LogP contribution in [0.1, 0.15) is 11.1 Å². The van der Waals surface area contributed by atoms with E-state index in [0.29, 0.717) is 4.90 Å². The Balaban J connectivity index is 3.28. The van der Waals surface area contributed by atoms with Crippen molar-refractivity contribution in [2.75, 3.05) is 7.11 Å². The van der Waals surface area contributed by atoms with Gasteiger partial charge in [0, 0.05) is 0 Å². The Bertz CT molecular complexity index is 350. The summed E-state index contributed by atoms with van der Waals surface area (Å²) in [6.45, 7) is 3.75. The summed E-state index contributed by atoms with van der Waals surface area (Å²) in [4.78, 5) is 0.653. The van der Waals surface area contributed by atoms with Gasteiger partial charge < -0.3 is 4.74 Å². The fourth-order valence-electron chi connectivity index (χ4n) is 1.16. The van der Waals surface area contributed by atoms with E-state index in [1.807, 2.05) is 19.9 Å². The van der Waals surface area contributed by atoms with Crippen LogP contribution in [0, 0.1) is 13.8 Å². The molecular weight excluding hydrogens is 208 g/mol. The van der Waals surface area contributed by atoms with Gasteiger partial charge in [-0.3, -0.25) is 0 Å². The molecule has 0 spiro atoms. The third kappa shape index (κ3) is 2.23. The zero-order chi connectivity index (χ0) is 10.0. The van der Waals surface area contributed by atoms with Crippen molar-refractivity contribution in [3.05, 3.63) is 23.3 Å². The van der Waals surface area contributed by atoms with Crippen LogP contribution in [-0.2, 0) is 10.0 Å². The Morgan fingerprint density at radius 2 is 1.92 bits per heavy atom. The molecule has 0 radical (unpaired) electrons. The molecule has 1 rings (SSSR count). The zero-order valence-corrected chi connectivity index (χ0v) is 9.33. The first kappa shape index (κ1) is 10.5. The number of hydrogen-bond donors (Lipinski definition) is 0. The number of ether oxygens (including phenoxy) is 1. The molecule has 0 aliphatic heterocycles. The molecule has 0 aliphatic carbocycles. The van der Waals surface area contributed by atoms with Gasteiger partial charge in [-0.25, -0.2) is 4.21 Å². The molecule has 4 heteroatoms. The van der Waals surface area contributed by atoms with E-state index >= 15 is 0 Å². The lowest BCUT2D eigenvalue weighted by Crippen LogP contribution is -1.93. The minimum atomic E-state index is -1.44. The molecule has 0 saturated carbocycles. The van der Waals surface area contributed by atoms with Crippen LogP contribution in [0.25, 0.3) is 0 Å². The van der Waals surface area contributed by atoms with Gasteiger partial charge in [-0.2, -0.15) is 0 Å². The molecule has 1 aromatic carbocycles. The molecule has 2 nitrogen and oxygen atoms in total. The lowest BCUT2D eigenvalue weighted by Gasteiger charge is -2.08. The molecule has 72 valence electrons. The SMILES string of the molecule is COc1cc(C)c(S(=O)Cl)cc1C. The highest BCUT2D eigenvalue weighted by molar-refractivity contribution is 8.08. The predicted molar refractivity (Wildman–Crippen MR) is 54.7 cm³/mol. The Labute approximate surface area is 84.8 Å².